The number of ether oxygens (including phenoxy) is 1. The third-order valence-electron chi connectivity index (χ3n) is 4.10. The molecule has 0 amide bonds. The van der Waals surface area contributed by atoms with E-state index in [4.69, 9.17) is 4.74 Å². The molecule has 0 aliphatic heterocycles. The lowest BCUT2D eigenvalue weighted by molar-refractivity contribution is 0.0481. The van der Waals surface area contributed by atoms with Crippen LogP contribution in [0.15, 0.2) is 91.0 Å². The average Bonchev–Trinajstić information content (AvgIpc) is 2.73. The van der Waals surface area contributed by atoms with E-state index in [1.807, 2.05) is 54.6 Å². The van der Waals surface area contributed by atoms with E-state index in [1.54, 1.807) is 36.4 Å². The Morgan fingerprint density at radius 2 is 1.26 bits per heavy atom. The van der Waals surface area contributed by atoms with Gasteiger partial charge in [0, 0.05) is 17.7 Å². The second kappa shape index (κ2) is 9.34. The number of esters is 1. The largest absolute Gasteiger partial charge is 0.460 e. The van der Waals surface area contributed by atoms with Crippen LogP contribution in [0.25, 0.3) is 0 Å². The zero-order valence-electron chi connectivity index (χ0n) is 14.9. The Kier molecular flexibility index (Phi) is 6.36. The predicted octanol–water partition coefficient (Wildman–Crippen LogP) is 4.60. The number of carbonyl (C=O) groups excluding carboxylic acids is 2. The Hall–Kier alpha value is -3.40. The van der Waals surface area contributed by atoms with E-state index in [0.29, 0.717) is 11.1 Å². The Labute approximate surface area is 158 Å². The maximum atomic E-state index is 12.6. The summed E-state index contributed by atoms with van der Waals surface area (Å²) in [7, 11) is 0. The number of ketones is 1. The summed E-state index contributed by atoms with van der Waals surface area (Å²) >= 11 is 0. The molecule has 0 saturated heterocycles. The maximum Gasteiger partial charge on any atom is 0.338 e. The van der Waals surface area contributed by atoms with E-state index in [0.717, 1.165) is 5.69 Å². The molecule has 4 nitrogen and oxygen atoms in total. The smallest absolute Gasteiger partial charge is 0.338 e. The van der Waals surface area contributed by atoms with Crippen molar-refractivity contribution < 1.29 is 14.3 Å². The average molecular weight is 359 g/mol. The van der Waals surface area contributed by atoms with Gasteiger partial charge in [0.15, 0.2) is 5.78 Å². The van der Waals surface area contributed by atoms with Crippen LogP contribution in [0.5, 0.6) is 0 Å². The van der Waals surface area contributed by atoms with Crippen molar-refractivity contribution in [2.24, 2.45) is 0 Å². The van der Waals surface area contributed by atoms with E-state index in [9.17, 15) is 9.59 Å². The van der Waals surface area contributed by atoms with Crippen LogP contribution in [-0.2, 0) is 4.74 Å². The van der Waals surface area contributed by atoms with Gasteiger partial charge in [-0.2, -0.15) is 0 Å². The lowest BCUT2D eigenvalue weighted by Gasteiger charge is -2.19. The number of para-hydroxylation sites is 1. The molecule has 0 saturated carbocycles. The lowest BCUT2D eigenvalue weighted by atomic mass is 10.0. The maximum absolute atomic E-state index is 12.6. The Morgan fingerprint density at radius 1 is 0.741 bits per heavy atom. The number of Topliss-reactive ketones (excluding diaryl/α,β-unsaturated/α-hetero) is 1. The molecule has 0 aliphatic carbocycles. The van der Waals surface area contributed by atoms with Crippen molar-refractivity contribution in [1.82, 2.24) is 0 Å². The fourth-order valence-electron chi connectivity index (χ4n) is 2.72. The Balaban J connectivity index is 1.67. The molecule has 0 radical (unpaired) electrons. The first-order valence-electron chi connectivity index (χ1n) is 8.84. The van der Waals surface area contributed by atoms with E-state index < -0.39 is 5.97 Å². The van der Waals surface area contributed by atoms with Gasteiger partial charge in [0.05, 0.1) is 11.6 Å². The summed E-state index contributed by atoms with van der Waals surface area (Å²) in [4.78, 5) is 24.8. The molecule has 0 fully saturated rings. The standard InChI is InChI=1S/C23H21NO3/c25-22(18-10-4-1-5-11-18)16-21(24-20-14-8-3-9-15-20)17-27-23(26)19-12-6-2-7-13-19/h1-15,21,24H,16-17H2. The third kappa shape index (κ3) is 5.54. The first-order valence-corrected chi connectivity index (χ1v) is 8.84. The number of anilines is 1. The van der Waals surface area contributed by atoms with Gasteiger partial charge >= 0.3 is 5.97 Å². The highest BCUT2D eigenvalue weighted by Crippen LogP contribution is 2.13. The number of hydrogen-bond donors (Lipinski definition) is 1. The van der Waals surface area contributed by atoms with Crippen LogP contribution in [0.4, 0.5) is 5.69 Å². The fraction of sp³-hybridized carbons (Fsp3) is 0.130. The number of nitrogens with one attached hydrogen (secondary N) is 1. The summed E-state index contributed by atoms with van der Waals surface area (Å²) < 4.78 is 5.45. The van der Waals surface area contributed by atoms with E-state index in [-0.39, 0.29) is 24.9 Å². The van der Waals surface area contributed by atoms with Crippen molar-refractivity contribution in [2.75, 3.05) is 11.9 Å². The number of rotatable bonds is 8. The van der Waals surface area contributed by atoms with Gasteiger partial charge in [0.1, 0.15) is 6.61 Å². The molecule has 1 unspecified atom stereocenters. The van der Waals surface area contributed by atoms with Gasteiger partial charge in [-0.15, -0.1) is 0 Å². The van der Waals surface area contributed by atoms with Crippen LogP contribution in [0.1, 0.15) is 27.1 Å². The highest BCUT2D eigenvalue weighted by Gasteiger charge is 2.18. The first-order chi connectivity index (χ1) is 13.2. The van der Waals surface area contributed by atoms with Gasteiger partial charge in [-0.05, 0) is 24.3 Å². The summed E-state index contributed by atoms with van der Waals surface area (Å²) in [5.41, 5.74) is 2.01. The number of benzene rings is 3. The highest BCUT2D eigenvalue weighted by atomic mass is 16.5. The molecule has 1 N–H and O–H groups in total. The number of carbonyl (C=O) groups is 2. The molecule has 3 rings (SSSR count). The van der Waals surface area contributed by atoms with Crippen molar-refractivity contribution in [3.05, 3.63) is 102 Å². The number of hydrogen-bond acceptors (Lipinski definition) is 4. The molecule has 27 heavy (non-hydrogen) atoms. The van der Waals surface area contributed by atoms with Gasteiger partial charge in [-0.1, -0.05) is 66.7 Å². The van der Waals surface area contributed by atoms with E-state index >= 15 is 0 Å². The molecule has 0 bridgehead atoms. The van der Waals surface area contributed by atoms with Crippen LogP contribution < -0.4 is 5.32 Å². The van der Waals surface area contributed by atoms with Crippen molar-refractivity contribution >= 4 is 17.4 Å². The molecule has 3 aromatic carbocycles. The fourth-order valence-corrected chi connectivity index (χ4v) is 2.72. The minimum absolute atomic E-state index is 0.000193. The van der Waals surface area contributed by atoms with Crippen molar-refractivity contribution in [3.8, 4) is 0 Å². The van der Waals surface area contributed by atoms with Crippen LogP contribution in [-0.4, -0.2) is 24.4 Å². The Bertz CT molecular complexity index is 864. The summed E-state index contributed by atoms with van der Waals surface area (Å²) in [6, 6.07) is 27.2. The van der Waals surface area contributed by atoms with Crippen LogP contribution >= 0.6 is 0 Å². The molecule has 0 spiro atoms. The Morgan fingerprint density at radius 3 is 1.85 bits per heavy atom. The molecular weight excluding hydrogens is 338 g/mol. The predicted molar refractivity (Wildman–Crippen MR) is 106 cm³/mol. The monoisotopic (exact) mass is 359 g/mol. The van der Waals surface area contributed by atoms with E-state index in [2.05, 4.69) is 5.32 Å². The molecule has 0 heterocycles. The molecule has 1 atom stereocenters. The van der Waals surface area contributed by atoms with Gasteiger partial charge in [0.2, 0.25) is 0 Å². The van der Waals surface area contributed by atoms with Crippen LogP contribution in [0.3, 0.4) is 0 Å². The second-order valence-electron chi connectivity index (χ2n) is 6.17. The van der Waals surface area contributed by atoms with Gasteiger partial charge in [-0.25, -0.2) is 4.79 Å². The first kappa shape index (κ1) is 18.4. The normalized spacial score (nSPS) is 11.4. The third-order valence-corrected chi connectivity index (χ3v) is 4.10. The summed E-state index contributed by atoms with van der Waals surface area (Å²) in [5.74, 6) is -0.401. The van der Waals surface area contributed by atoms with E-state index in [1.165, 1.54) is 0 Å². The lowest BCUT2D eigenvalue weighted by Crippen LogP contribution is -2.30. The van der Waals surface area contributed by atoms with Gasteiger partial charge in [0.25, 0.3) is 0 Å². The minimum atomic E-state index is -0.400. The van der Waals surface area contributed by atoms with Crippen LogP contribution in [0, 0.1) is 0 Å². The summed E-state index contributed by atoms with van der Waals surface area (Å²) in [5, 5.41) is 3.29. The van der Waals surface area contributed by atoms with Crippen molar-refractivity contribution in [2.45, 2.75) is 12.5 Å². The molecule has 4 heteroatoms. The second-order valence-corrected chi connectivity index (χ2v) is 6.17. The molecule has 0 aromatic heterocycles. The molecular formula is C23H21NO3. The zero-order chi connectivity index (χ0) is 18.9. The SMILES string of the molecule is O=C(CC(COC(=O)c1ccccc1)Nc1ccccc1)c1ccccc1. The topological polar surface area (TPSA) is 55.4 Å². The van der Waals surface area contributed by atoms with Crippen LogP contribution in [0.2, 0.25) is 0 Å². The molecule has 136 valence electrons. The van der Waals surface area contributed by atoms with Gasteiger partial charge < -0.3 is 10.1 Å². The summed E-state index contributed by atoms with van der Waals surface area (Å²) in [6.45, 7) is 0.0984. The van der Waals surface area contributed by atoms with Crippen molar-refractivity contribution in [3.63, 3.8) is 0 Å². The summed E-state index contributed by atoms with van der Waals surface area (Å²) in [6.07, 6.45) is 0.223. The minimum Gasteiger partial charge on any atom is -0.460 e. The molecule has 0 aliphatic rings. The quantitative estimate of drug-likeness (QED) is 0.472. The highest BCUT2D eigenvalue weighted by molar-refractivity contribution is 5.96. The zero-order valence-corrected chi connectivity index (χ0v) is 14.9. The van der Waals surface area contributed by atoms with Gasteiger partial charge in [-0.3, -0.25) is 4.79 Å². The molecule has 3 aromatic rings. The van der Waals surface area contributed by atoms with Crippen molar-refractivity contribution in [1.29, 1.82) is 0 Å².